The molecule has 0 radical (unpaired) electrons. The van der Waals surface area contributed by atoms with Crippen LogP contribution in [0.1, 0.15) is 5.69 Å². The molecule has 0 aliphatic heterocycles. The first-order valence-corrected chi connectivity index (χ1v) is 6.01. The van der Waals surface area contributed by atoms with Crippen LogP contribution in [-0.4, -0.2) is 20.2 Å². The Bertz CT molecular complexity index is 767. The predicted molar refractivity (Wildman–Crippen MR) is 73.8 cm³/mol. The number of aromatic hydroxyl groups is 1. The Labute approximate surface area is 114 Å². The maximum Gasteiger partial charge on any atom is 0.262 e. The number of rotatable bonds is 2. The van der Waals surface area contributed by atoms with E-state index in [4.69, 9.17) is 10.3 Å². The van der Waals surface area contributed by atoms with Crippen molar-refractivity contribution in [2.24, 2.45) is 0 Å². The molecule has 0 amide bonds. The van der Waals surface area contributed by atoms with E-state index < -0.39 is 0 Å². The van der Waals surface area contributed by atoms with Crippen molar-refractivity contribution in [2.75, 3.05) is 5.73 Å². The molecule has 3 rings (SSSR count). The lowest BCUT2D eigenvalue weighted by Crippen LogP contribution is -1.89. The summed E-state index contributed by atoms with van der Waals surface area (Å²) in [6.45, 7) is 1.88. The number of anilines is 1. The Balaban J connectivity index is 2.04. The zero-order valence-corrected chi connectivity index (χ0v) is 10.7. The topological polar surface area (TPSA) is 98.1 Å². The minimum absolute atomic E-state index is 0.0695. The number of pyridine rings is 1. The van der Waals surface area contributed by atoms with E-state index in [1.165, 1.54) is 0 Å². The SMILES string of the molecule is Cc1cccc(-c2noc(-c3cccc(N)c3O)n2)n1. The number of hydrogen-bond donors (Lipinski definition) is 2. The average Bonchev–Trinajstić information content (AvgIpc) is 2.91. The minimum atomic E-state index is -0.0695. The third-order valence-electron chi connectivity index (χ3n) is 2.84. The van der Waals surface area contributed by atoms with Crippen molar-refractivity contribution in [1.29, 1.82) is 0 Å². The molecule has 6 nitrogen and oxygen atoms in total. The zero-order valence-electron chi connectivity index (χ0n) is 10.7. The predicted octanol–water partition coefficient (Wildman–Crippen LogP) is 2.39. The first-order chi connectivity index (χ1) is 9.65. The molecule has 2 aromatic heterocycles. The second kappa shape index (κ2) is 4.65. The number of nitrogen functional groups attached to an aromatic ring is 1. The van der Waals surface area contributed by atoms with Crippen molar-refractivity contribution in [3.63, 3.8) is 0 Å². The molecule has 20 heavy (non-hydrogen) atoms. The summed E-state index contributed by atoms with van der Waals surface area (Å²) in [6.07, 6.45) is 0. The van der Waals surface area contributed by atoms with Gasteiger partial charge in [-0.3, -0.25) is 0 Å². The maximum absolute atomic E-state index is 9.91. The summed E-state index contributed by atoms with van der Waals surface area (Å²) in [5.74, 6) is 0.499. The van der Waals surface area contributed by atoms with Crippen LogP contribution in [0.2, 0.25) is 0 Å². The molecule has 0 fully saturated rings. The van der Waals surface area contributed by atoms with Gasteiger partial charge in [-0.05, 0) is 31.2 Å². The largest absolute Gasteiger partial charge is 0.505 e. The summed E-state index contributed by atoms with van der Waals surface area (Å²) in [4.78, 5) is 8.56. The van der Waals surface area contributed by atoms with E-state index in [0.717, 1.165) is 5.69 Å². The van der Waals surface area contributed by atoms with Gasteiger partial charge in [-0.1, -0.05) is 17.3 Å². The van der Waals surface area contributed by atoms with Crippen LogP contribution in [0.3, 0.4) is 0 Å². The van der Waals surface area contributed by atoms with Gasteiger partial charge < -0.3 is 15.4 Å². The summed E-state index contributed by atoms with van der Waals surface area (Å²) in [7, 11) is 0. The van der Waals surface area contributed by atoms with E-state index in [0.29, 0.717) is 17.1 Å². The first kappa shape index (κ1) is 12.2. The van der Waals surface area contributed by atoms with E-state index in [9.17, 15) is 5.11 Å². The van der Waals surface area contributed by atoms with Crippen LogP contribution >= 0.6 is 0 Å². The second-order valence-electron chi connectivity index (χ2n) is 4.33. The Hall–Kier alpha value is -2.89. The monoisotopic (exact) mass is 268 g/mol. The first-order valence-electron chi connectivity index (χ1n) is 6.01. The summed E-state index contributed by atoms with van der Waals surface area (Å²) >= 11 is 0. The van der Waals surface area contributed by atoms with Gasteiger partial charge in [0.1, 0.15) is 5.69 Å². The summed E-state index contributed by atoms with van der Waals surface area (Å²) < 4.78 is 5.16. The molecule has 0 atom stereocenters. The number of nitrogens with two attached hydrogens (primary N) is 1. The standard InChI is InChI=1S/C14H12N4O2/c1-8-4-2-7-11(16-8)13-17-14(20-18-13)9-5-3-6-10(15)12(9)19/h2-7,19H,15H2,1H3. The normalized spacial score (nSPS) is 10.7. The lowest BCUT2D eigenvalue weighted by Gasteiger charge is -2.01. The van der Waals surface area contributed by atoms with E-state index in [1.54, 1.807) is 24.3 Å². The van der Waals surface area contributed by atoms with Crippen molar-refractivity contribution in [1.82, 2.24) is 15.1 Å². The number of para-hydroxylation sites is 1. The van der Waals surface area contributed by atoms with Crippen LogP contribution in [0.25, 0.3) is 23.0 Å². The van der Waals surface area contributed by atoms with Crippen LogP contribution in [0.5, 0.6) is 5.75 Å². The van der Waals surface area contributed by atoms with Gasteiger partial charge in [-0.25, -0.2) is 4.98 Å². The number of hydrogen-bond acceptors (Lipinski definition) is 6. The number of benzene rings is 1. The third kappa shape index (κ3) is 2.07. The molecular weight excluding hydrogens is 256 g/mol. The Morgan fingerprint density at radius 3 is 2.70 bits per heavy atom. The lowest BCUT2D eigenvalue weighted by molar-refractivity contribution is 0.426. The van der Waals surface area contributed by atoms with Gasteiger partial charge >= 0.3 is 0 Å². The molecule has 6 heteroatoms. The van der Waals surface area contributed by atoms with Crippen molar-refractivity contribution >= 4 is 5.69 Å². The molecule has 0 saturated carbocycles. The Kier molecular flexibility index (Phi) is 2.83. The number of aromatic nitrogens is 3. The van der Waals surface area contributed by atoms with Crippen LogP contribution in [0, 0.1) is 6.92 Å². The fourth-order valence-corrected chi connectivity index (χ4v) is 1.84. The number of nitrogens with zero attached hydrogens (tertiary/aromatic N) is 3. The maximum atomic E-state index is 9.91. The third-order valence-corrected chi connectivity index (χ3v) is 2.84. The van der Waals surface area contributed by atoms with Gasteiger partial charge in [0, 0.05) is 5.69 Å². The van der Waals surface area contributed by atoms with Crippen molar-refractivity contribution in [2.45, 2.75) is 6.92 Å². The van der Waals surface area contributed by atoms with E-state index in [2.05, 4.69) is 15.1 Å². The van der Waals surface area contributed by atoms with Gasteiger partial charge in [0.2, 0.25) is 5.82 Å². The second-order valence-corrected chi connectivity index (χ2v) is 4.33. The molecule has 1 aromatic carbocycles. The minimum Gasteiger partial charge on any atom is -0.505 e. The molecule has 100 valence electrons. The lowest BCUT2D eigenvalue weighted by atomic mass is 10.2. The molecule has 3 N–H and O–H groups in total. The summed E-state index contributed by atoms with van der Waals surface area (Å²) in [5.41, 5.74) is 7.78. The molecule has 3 aromatic rings. The molecule has 0 aliphatic carbocycles. The summed E-state index contributed by atoms with van der Waals surface area (Å²) in [5, 5.41) is 13.8. The zero-order chi connectivity index (χ0) is 14.1. The molecule has 0 saturated heterocycles. The highest BCUT2D eigenvalue weighted by Gasteiger charge is 2.15. The van der Waals surface area contributed by atoms with Gasteiger partial charge in [0.25, 0.3) is 5.89 Å². The van der Waals surface area contributed by atoms with Gasteiger partial charge in [0.05, 0.1) is 11.3 Å². The van der Waals surface area contributed by atoms with Crippen LogP contribution < -0.4 is 5.73 Å². The highest BCUT2D eigenvalue weighted by molar-refractivity contribution is 5.72. The van der Waals surface area contributed by atoms with E-state index >= 15 is 0 Å². The van der Waals surface area contributed by atoms with Gasteiger partial charge in [0.15, 0.2) is 5.75 Å². The Morgan fingerprint density at radius 2 is 1.90 bits per heavy atom. The van der Waals surface area contributed by atoms with Gasteiger partial charge in [-0.15, -0.1) is 0 Å². The fourth-order valence-electron chi connectivity index (χ4n) is 1.84. The molecule has 0 spiro atoms. The van der Waals surface area contributed by atoms with Gasteiger partial charge in [-0.2, -0.15) is 4.98 Å². The van der Waals surface area contributed by atoms with Crippen LogP contribution in [0.4, 0.5) is 5.69 Å². The van der Waals surface area contributed by atoms with Crippen molar-refractivity contribution < 1.29 is 9.63 Å². The average molecular weight is 268 g/mol. The van der Waals surface area contributed by atoms with Crippen LogP contribution in [0.15, 0.2) is 40.9 Å². The number of aryl methyl sites for hydroxylation is 1. The quantitative estimate of drug-likeness (QED) is 0.547. The highest BCUT2D eigenvalue weighted by Crippen LogP contribution is 2.33. The molecular formula is C14H12N4O2. The number of phenols is 1. The smallest absolute Gasteiger partial charge is 0.262 e. The number of phenolic OH excluding ortho intramolecular Hbond substituents is 1. The van der Waals surface area contributed by atoms with E-state index in [-0.39, 0.29) is 17.3 Å². The van der Waals surface area contributed by atoms with Crippen molar-refractivity contribution in [3.05, 3.63) is 42.1 Å². The van der Waals surface area contributed by atoms with E-state index in [1.807, 2.05) is 19.1 Å². The Morgan fingerprint density at radius 1 is 1.10 bits per heavy atom. The molecule has 0 bridgehead atoms. The highest BCUT2D eigenvalue weighted by atomic mass is 16.5. The van der Waals surface area contributed by atoms with Crippen LogP contribution in [-0.2, 0) is 0 Å². The summed E-state index contributed by atoms with van der Waals surface area (Å²) in [6, 6.07) is 10.5. The van der Waals surface area contributed by atoms with Crippen molar-refractivity contribution in [3.8, 4) is 28.7 Å². The fraction of sp³-hybridized carbons (Fsp3) is 0.0714. The molecule has 2 heterocycles. The molecule has 0 aliphatic rings. The molecule has 0 unspecified atom stereocenters.